The Bertz CT molecular complexity index is 579. The van der Waals surface area contributed by atoms with Gasteiger partial charge in [0.25, 0.3) is 0 Å². The van der Waals surface area contributed by atoms with Crippen molar-refractivity contribution < 1.29 is 9.53 Å². The van der Waals surface area contributed by atoms with Crippen LogP contribution in [0.4, 0.5) is 16.2 Å². The molecular formula is C13H14N2O2. The van der Waals surface area contributed by atoms with Gasteiger partial charge >= 0.3 is 6.09 Å². The van der Waals surface area contributed by atoms with Crippen LogP contribution in [0, 0.1) is 6.92 Å². The molecule has 0 fully saturated rings. The summed E-state index contributed by atoms with van der Waals surface area (Å²) in [4.78, 5) is 11.2. The topological polar surface area (TPSA) is 64.3 Å². The van der Waals surface area contributed by atoms with E-state index in [9.17, 15) is 4.79 Å². The van der Waals surface area contributed by atoms with E-state index in [1.54, 1.807) is 0 Å². The molecule has 0 aliphatic rings. The molecule has 2 rings (SSSR count). The van der Waals surface area contributed by atoms with Gasteiger partial charge in [-0.05, 0) is 18.6 Å². The van der Waals surface area contributed by atoms with Crippen LogP contribution in [0.3, 0.4) is 0 Å². The van der Waals surface area contributed by atoms with Crippen molar-refractivity contribution in [2.24, 2.45) is 0 Å². The number of methoxy groups -OCH3 is 1. The zero-order valence-corrected chi connectivity index (χ0v) is 9.78. The number of hydrogen-bond donors (Lipinski definition) is 2. The predicted octanol–water partition coefficient (Wildman–Crippen LogP) is 2.91. The van der Waals surface area contributed by atoms with Gasteiger partial charge in [0, 0.05) is 16.5 Å². The third-order valence-electron chi connectivity index (χ3n) is 2.74. The van der Waals surface area contributed by atoms with Crippen molar-refractivity contribution in [3.63, 3.8) is 0 Å². The Hall–Kier alpha value is -2.23. The molecule has 4 heteroatoms. The highest BCUT2D eigenvalue weighted by atomic mass is 16.5. The van der Waals surface area contributed by atoms with Crippen molar-refractivity contribution in [2.75, 3.05) is 18.2 Å². The summed E-state index contributed by atoms with van der Waals surface area (Å²) in [6.45, 7) is 1.95. The van der Waals surface area contributed by atoms with Crippen molar-refractivity contribution in [1.29, 1.82) is 0 Å². The normalized spacial score (nSPS) is 10.2. The standard InChI is InChI=1S/C13H14N2O2/c1-8-6-7-9-10(12(8)14)4-3-5-11(9)15-13(16)17-2/h3-7H,14H2,1-2H3,(H,15,16). The average Bonchev–Trinajstić information content (AvgIpc) is 2.34. The molecule has 4 nitrogen and oxygen atoms in total. The molecule has 17 heavy (non-hydrogen) atoms. The monoisotopic (exact) mass is 230 g/mol. The summed E-state index contributed by atoms with van der Waals surface area (Å²) >= 11 is 0. The smallest absolute Gasteiger partial charge is 0.411 e. The van der Waals surface area contributed by atoms with Gasteiger partial charge in [0.2, 0.25) is 0 Å². The predicted molar refractivity (Wildman–Crippen MR) is 69.1 cm³/mol. The van der Waals surface area contributed by atoms with Crippen LogP contribution in [-0.2, 0) is 4.74 Å². The average molecular weight is 230 g/mol. The fourth-order valence-electron chi connectivity index (χ4n) is 1.76. The van der Waals surface area contributed by atoms with Crippen molar-refractivity contribution in [3.8, 4) is 0 Å². The highest BCUT2D eigenvalue weighted by Gasteiger charge is 2.07. The maximum atomic E-state index is 11.2. The molecule has 0 aliphatic carbocycles. The van der Waals surface area contributed by atoms with Crippen LogP contribution in [0.15, 0.2) is 30.3 Å². The highest BCUT2D eigenvalue weighted by Crippen LogP contribution is 2.29. The third-order valence-corrected chi connectivity index (χ3v) is 2.74. The number of benzene rings is 2. The molecule has 0 aliphatic heterocycles. The van der Waals surface area contributed by atoms with Gasteiger partial charge in [0.05, 0.1) is 12.8 Å². The second-order valence-corrected chi connectivity index (χ2v) is 3.81. The van der Waals surface area contributed by atoms with Crippen LogP contribution in [0.1, 0.15) is 5.56 Å². The molecule has 0 atom stereocenters. The highest BCUT2D eigenvalue weighted by molar-refractivity contribution is 6.05. The van der Waals surface area contributed by atoms with Crippen molar-refractivity contribution in [2.45, 2.75) is 6.92 Å². The zero-order chi connectivity index (χ0) is 12.4. The van der Waals surface area contributed by atoms with Gasteiger partial charge in [-0.1, -0.05) is 24.3 Å². The lowest BCUT2D eigenvalue weighted by Crippen LogP contribution is -2.11. The molecule has 0 aromatic heterocycles. The van der Waals surface area contributed by atoms with E-state index in [1.165, 1.54) is 7.11 Å². The first-order valence-corrected chi connectivity index (χ1v) is 5.26. The van der Waals surface area contributed by atoms with Crippen LogP contribution in [0.5, 0.6) is 0 Å². The van der Waals surface area contributed by atoms with Crippen LogP contribution in [0.2, 0.25) is 0 Å². The zero-order valence-electron chi connectivity index (χ0n) is 9.78. The summed E-state index contributed by atoms with van der Waals surface area (Å²) in [5, 5.41) is 4.50. The molecule has 0 saturated heterocycles. The minimum absolute atomic E-state index is 0.489. The summed E-state index contributed by atoms with van der Waals surface area (Å²) in [5.41, 5.74) is 8.46. The van der Waals surface area contributed by atoms with Crippen LogP contribution < -0.4 is 11.1 Å². The quantitative estimate of drug-likeness (QED) is 0.740. The fraction of sp³-hybridized carbons (Fsp3) is 0.154. The van der Waals surface area contributed by atoms with Gasteiger partial charge in [0.1, 0.15) is 0 Å². The number of aryl methyl sites for hydroxylation is 1. The molecular weight excluding hydrogens is 216 g/mol. The van der Waals surface area contributed by atoms with Crippen molar-refractivity contribution in [3.05, 3.63) is 35.9 Å². The lowest BCUT2D eigenvalue weighted by Gasteiger charge is -2.10. The number of anilines is 2. The summed E-state index contributed by atoms with van der Waals surface area (Å²) in [6, 6.07) is 9.46. The van der Waals surface area contributed by atoms with E-state index < -0.39 is 6.09 Å². The molecule has 2 aromatic rings. The van der Waals surface area contributed by atoms with Crippen molar-refractivity contribution in [1.82, 2.24) is 0 Å². The first-order chi connectivity index (χ1) is 8.13. The minimum Gasteiger partial charge on any atom is -0.453 e. The molecule has 0 saturated carbocycles. The molecule has 0 spiro atoms. The Morgan fingerprint density at radius 2 is 2.00 bits per heavy atom. The Morgan fingerprint density at radius 1 is 1.24 bits per heavy atom. The van der Waals surface area contributed by atoms with Crippen LogP contribution in [-0.4, -0.2) is 13.2 Å². The Kier molecular flexibility index (Phi) is 2.87. The van der Waals surface area contributed by atoms with E-state index in [2.05, 4.69) is 10.1 Å². The maximum Gasteiger partial charge on any atom is 0.411 e. The summed E-state index contributed by atoms with van der Waals surface area (Å²) < 4.78 is 4.58. The third kappa shape index (κ3) is 2.01. The van der Waals surface area contributed by atoms with Crippen molar-refractivity contribution >= 4 is 28.2 Å². The van der Waals surface area contributed by atoms with E-state index in [0.29, 0.717) is 5.69 Å². The van der Waals surface area contributed by atoms with E-state index in [1.807, 2.05) is 37.3 Å². The van der Waals surface area contributed by atoms with Gasteiger partial charge < -0.3 is 10.5 Å². The van der Waals surface area contributed by atoms with Gasteiger partial charge in [-0.15, -0.1) is 0 Å². The number of nitrogen functional groups attached to an aromatic ring is 1. The number of fused-ring (bicyclic) bond motifs is 1. The number of hydrogen-bond acceptors (Lipinski definition) is 3. The number of nitrogens with two attached hydrogens (primary N) is 1. The first kappa shape index (κ1) is 11.3. The maximum absolute atomic E-state index is 11.2. The number of rotatable bonds is 1. The molecule has 1 amide bonds. The molecule has 0 radical (unpaired) electrons. The van der Waals surface area contributed by atoms with E-state index in [-0.39, 0.29) is 0 Å². The Morgan fingerprint density at radius 3 is 2.71 bits per heavy atom. The van der Waals surface area contributed by atoms with Gasteiger partial charge in [0.15, 0.2) is 0 Å². The van der Waals surface area contributed by atoms with Crippen LogP contribution >= 0.6 is 0 Å². The SMILES string of the molecule is COC(=O)Nc1cccc2c(N)c(C)ccc12. The number of amides is 1. The second-order valence-electron chi connectivity index (χ2n) is 3.81. The number of carbonyl (C=O) groups is 1. The molecule has 0 bridgehead atoms. The molecule has 3 N–H and O–H groups in total. The lowest BCUT2D eigenvalue weighted by molar-refractivity contribution is 0.187. The Labute approximate surface area is 99.4 Å². The molecule has 88 valence electrons. The van der Waals surface area contributed by atoms with E-state index in [0.717, 1.165) is 22.0 Å². The largest absolute Gasteiger partial charge is 0.453 e. The number of ether oxygens (including phenoxy) is 1. The summed E-state index contributed by atoms with van der Waals surface area (Å²) in [5.74, 6) is 0. The number of nitrogens with one attached hydrogen (secondary N) is 1. The van der Waals surface area contributed by atoms with E-state index >= 15 is 0 Å². The second kappa shape index (κ2) is 4.33. The minimum atomic E-state index is -0.489. The van der Waals surface area contributed by atoms with Gasteiger partial charge in [-0.3, -0.25) is 5.32 Å². The fourth-order valence-corrected chi connectivity index (χ4v) is 1.76. The molecule has 2 aromatic carbocycles. The molecule has 0 unspecified atom stereocenters. The van der Waals surface area contributed by atoms with Gasteiger partial charge in [-0.25, -0.2) is 4.79 Å². The number of carbonyl (C=O) groups excluding carboxylic acids is 1. The van der Waals surface area contributed by atoms with E-state index in [4.69, 9.17) is 5.73 Å². The Balaban J connectivity index is 2.58. The summed E-state index contributed by atoms with van der Waals surface area (Å²) in [7, 11) is 1.33. The molecule has 0 heterocycles. The van der Waals surface area contributed by atoms with Crippen LogP contribution in [0.25, 0.3) is 10.8 Å². The lowest BCUT2D eigenvalue weighted by atomic mass is 10.0. The summed E-state index contributed by atoms with van der Waals surface area (Å²) in [6.07, 6.45) is -0.489. The first-order valence-electron chi connectivity index (χ1n) is 5.26. The van der Waals surface area contributed by atoms with Gasteiger partial charge in [-0.2, -0.15) is 0 Å².